The molecule has 0 saturated carbocycles. The molecule has 1 nitrogen and oxygen atoms in total. The second-order valence-corrected chi connectivity index (χ2v) is 3.67. The van der Waals surface area contributed by atoms with Crippen LogP contribution in [0.4, 0.5) is 5.69 Å². The van der Waals surface area contributed by atoms with Gasteiger partial charge < -0.3 is 20.6 Å². The van der Waals surface area contributed by atoms with Crippen LogP contribution in [0, 0.1) is 14.9 Å². The van der Waals surface area contributed by atoms with Crippen LogP contribution in [-0.4, -0.2) is 0 Å². The summed E-state index contributed by atoms with van der Waals surface area (Å²) in [4.78, 5) is 0. The van der Waals surface area contributed by atoms with Crippen molar-refractivity contribution in [2.45, 2.75) is 6.42 Å². The van der Waals surface area contributed by atoms with E-state index in [-0.39, 0.29) is 36.6 Å². The number of hydrogen-bond acceptors (Lipinski definition) is 0. The summed E-state index contributed by atoms with van der Waals surface area (Å²) in [5, 5.41) is 0. The van der Waals surface area contributed by atoms with E-state index in [2.05, 4.69) is 30.3 Å². The Morgan fingerprint density at radius 3 is 2.24 bits per heavy atom. The normalized spacial score (nSPS) is 10.1. The molecule has 0 unspecified atom stereocenters. The first-order valence-corrected chi connectivity index (χ1v) is 4.78. The van der Waals surface area contributed by atoms with Crippen LogP contribution >= 0.6 is 0 Å². The van der Waals surface area contributed by atoms with Gasteiger partial charge >= 0.3 is 21.7 Å². The van der Waals surface area contributed by atoms with Crippen molar-refractivity contribution in [2.24, 2.45) is 0 Å². The van der Waals surface area contributed by atoms with E-state index in [0.29, 0.717) is 5.69 Å². The van der Waals surface area contributed by atoms with Gasteiger partial charge in [0.2, 0.25) is 0 Å². The Bertz CT molecular complexity index is 506. The molecular formula is C15H16NTi. The van der Waals surface area contributed by atoms with E-state index in [1.165, 1.54) is 22.3 Å². The minimum Gasteiger partial charge on any atom is -0.698 e. The second-order valence-electron chi connectivity index (χ2n) is 3.67. The summed E-state index contributed by atoms with van der Waals surface area (Å²) >= 11 is 0. The van der Waals surface area contributed by atoms with Gasteiger partial charge in [-0.2, -0.15) is 0 Å². The number of nitrogens with one attached hydrogen (secondary N) is 1. The van der Waals surface area contributed by atoms with Gasteiger partial charge in [0.1, 0.15) is 0 Å². The predicted octanol–water partition coefficient (Wildman–Crippen LogP) is 4.84. The maximum Gasteiger partial charge on any atom is 3.00 e. The third-order valence-corrected chi connectivity index (χ3v) is 2.85. The minimum atomic E-state index is 0. The second kappa shape index (κ2) is 6.04. The Kier molecular flexibility index (Phi) is 5.67. The monoisotopic (exact) mass is 258 g/mol. The van der Waals surface area contributed by atoms with Crippen LogP contribution in [0.1, 0.15) is 11.1 Å². The minimum absolute atomic E-state index is 0. The first-order valence-electron chi connectivity index (χ1n) is 4.78. The van der Waals surface area contributed by atoms with Crippen molar-refractivity contribution < 1.29 is 21.7 Å². The molecule has 0 saturated heterocycles. The molecule has 85 valence electrons. The van der Waals surface area contributed by atoms with E-state index >= 15 is 0 Å². The molecule has 0 heterocycles. The fraction of sp³-hybridized carbons (Fsp3) is 0.0667. The van der Waals surface area contributed by atoms with Gasteiger partial charge in [-0.1, -0.05) is 48.0 Å². The van der Waals surface area contributed by atoms with Crippen LogP contribution < -0.4 is 0 Å². The molecule has 0 aliphatic heterocycles. The van der Waals surface area contributed by atoms with Gasteiger partial charge in [-0.15, -0.1) is 5.69 Å². The first kappa shape index (κ1) is 16.0. The topological polar surface area (TPSA) is 23.8 Å². The first-order chi connectivity index (χ1) is 6.86. The maximum absolute atomic E-state index is 7.83. The summed E-state index contributed by atoms with van der Waals surface area (Å²) in [6.45, 7) is 0. The van der Waals surface area contributed by atoms with E-state index in [1.54, 1.807) is 0 Å². The van der Waals surface area contributed by atoms with Gasteiger partial charge in [0.25, 0.3) is 0 Å². The molecule has 0 fully saturated rings. The molecule has 0 bridgehead atoms. The van der Waals surface area contributed by atoms with E-state index in [0.717, 1.165) is 6.42 Å². The molecule has 1 aliphatic rings. The fourth-order valence-electron chi connectivity index (χ4n) is 2.16. The summed E-state index contributed by atoms with van der Waals surface area (Å²) in [5.41, 5.74) is 13.6. The zero-order valence-electron chi connectivity index (χ0n) is 10.2. The molecule has 3 rings (SSSR count). The number of hydrogen-bond donors (Lipinski definition) is 0. The van der Waals surface area contributed by atoms with E-state index in [1.807, 2.05) is 12.1 Å². The smallest absolute Gasteiger partial charge is 0.698 e. The summed E-state index contributed by atoms with van der Waals surface area (Å²) in [6.07, 6.45) is 0.922. The molecular weight excluding hydrogens is 242 g/mol. The molecule has 2 aromatic carbocycles. The number of benzene rings is 2. The van der Waals surface area contributed by atoms with Crippen molar-refractivity contribution in [3.05, 3.63) is 74.2 Å². The Labute approximate surface area is 119 Å². The molecule has 1 N–H and O–H groups in total. The zero-order chi connectivity index (χ0) is 9.54. The Balaban J connectivity index is 0.000000853. The third-order valence-electron chi connectivity index (χ3n) is 2.85. The van der Waals surface area contributed by atoms with Gasteiger partial charge in [0, 0.05) is 0 Å². The van der Waals surface area contributed by atoms with Crippen LogP contribution in [-0.2, 0) is 28.1 Å². The standard InChI is InChI=1S/C13H10N.2CH3.Ti/c14-13-7-3-6-11-10-5-2-1-4-9(10)8-12(11)13;;;/h1-7,14H,8H2;2*1H3;/q3*-1;+3. The van der Waals surface area contributed by atoms with Crippen molar-refractivity contribution in [1.29, 1.82) is 0 Å². The molecule has 0 spiro atoms. The molecule has 2 aromatic rings. The number of fused-ring (bicyclic) bond motifs is 3. The number of rotatable bonds is 0. The zero-order valence-corrected chi connectivity index (χ0v) is 11.8. The summed E-state index contributed by atoms with van der Waals surface area (Å²) in [7, 11) is 0. The van der Waals surface area contributed by atoms with Gasteiger partial charge in [-0.05, 0) is 23.1 Å². The Morgan fingerprint density at radius 1 is 0.824 bits per heavy atom. The van der Waals surface area contributed by atoms with Crippen molar-refractivity contribution in [1.82, 2.24) is 0 Å². The summed E-state index contributed by atoms with van der Waals surface area (Å²) in [5.74, 6) is 0. The van der Waals surface area contributed by atoms with Crippen LogP contribution in [0.2, 0.25) is 0 Å². The van der Waals surface area contributed by atoms with Crippen molar-refractivity contribution in [2.75, 3.05) is 0 Å². The Morgan fingerprint density at radius 2 is 1.47 bits per heavy atom. The van der Waals surface area contributed by atoms with Gasteiger partial charge in [-0.3, -0.25) is 0 Å². The van der Waals surface area contributed by atoms with E-state index in [4.69, 9.17) is 5.73 Å². The van der Waals surface area contributed by atoms with Crippen LogP contribution in [0.25, 0.3) is 16.9 Å². The predicted molar refractivity (Wildman–Crippen MR) is 71.5 cm³/mol. The SMILES string of the molecule is [CH3-].[CH3-].[NH-]c1cccc2c1Cc1ccccc1-2.[Ti+3]. The molecule has 0 atom stereocenters. The molecule has 0 aromatic heterocycles. The summed E-state index contributed by atoms with van der Waals surface area (Å²) in [6, 6.07) is 14.3. The molecule has 17 heavy (non-hydrogen) atoms. The van der Waals surface area contributed by atoms with E-state index in [9.17, 15) is 0 Å². The largest absolute Gasteiger partial charge is 3.00 e. The van der Waals surface area contributed by atoms with Crippen molar-refractivity contribution in [3.8, 4) is 11.1 Å². The summed E-state index contributed by atoms with van der Waals surface area (Å²) < 4.78 is 0. The van der Waals surface area contributed by atoms with Gasteiger partial charge in [-0.25, -0.2) is 0 Å². The van der Waals surface area contributed by atoms with Crippen LogP contribution in [0.15, 0.2) is 42.5 Å². The van der Waals surface area contributed by atoms with Gasteiger partial charge in [0.15, 0.2) is 0 Å². The van der Waals surface area contributed by atoms with Crippen LogP contribution in [0.3, 0.4) is 0 Å². The Hall–Kier alpha value is -1.05. The van der Waals surface area contributed by atoms with Gasteiger partial charge in [0.05, 0.1) is 0 Å². The van der Waals surface area contributed by atoms with Crippen LogP contribution in [0.5, 0.6) is 0 Å². The third kappa shape index (κ3) is 2.46. The molecule has 2 heteroatoms. The molecule has 0 amide bonds. The average molecular weight is 258 g/mol. The van der Waals surface area contributed by atoms with Crippen molar-refractivity contribution in [3.63, 3.8) is 0 Å². The van der Waals surface area contributed by atoms with Crippen molar-refractivity contribution >= 4 is 5.69 Å². The van der Waals surface area contributed by atoms with E-state index < -0.39 is 0 Å². The maximum atomic E-state index is 7.83. The average Bonchev–Trinajstić information content (AvgIpc) is 2.59. The fourth-order valence-corrected chi connectivity index (χ4v) is 2.16. The molecule has 1 aliphatic carbocycles. The molecule has 1 radical (unpaired) electrons. The quantitative estimate of drug-likeness (QED) is 0.407.